The lowest BCUT2D eigenvalue weighted by Gasteiger charge is -2.37. The highest BCUT2D eigenvalue weighted by atomic mass is 16.7. The lowest BCUT2D eigenvalue weighted by atomic mass is 10.0. The first-order chi connectivity index (χ1) is 8.75. The van der Waals surface area contributed by atoms with Crippen molar-refractivity contribution >= 4 is 5.78 Å². The number of hydrogen-bond donors (Lipinski definition) is 0. The number of ether oxygens (including phenoxy) is 3. The first-order valence-electron chi connectivity index (χ1n) is 5.94. The highest BCUT2D eigenvalue weighted by molar-refractivity contribution is 5.99. The maximum atomic E-state index is 12.0. The Hall–Kier alpha value is -1.65. The topological polar surface area (TPSA) is 44.8 Å². The maximum Gasteiger partial charge on any atom is 0.194 e. The molecule has 4 heteroatoms. The molecule has 0 bridgehead atoms. The van der Waals surface area contributed by atoms with Gasteiger partial charge in [0.25, 0.3) is 0 Å². The zero-order valence-corrected chi connectivity index (χ0v) is 10.0. The van der Waals surface area contributed by atoms with E-state index in [4.69, 9.17) is 14.2 Å². The van der Waals surface area contributed by atoms with E-state index >= 15 is 0 Å². The Balaban J connectivity index is 1.80. The predicted octanol–water partition coefficient (Wildman–Crippen LogP) is 1.97. The smallest absolute Gasteiger partial charge is 0.194 e. The van der Waals surface area contributed by atoms with Crippen molar-refractivity contribution in [2.24, 2.45) is 0 Å². The molecule has 0 aromatic heterocycles. The van der Waals surface area contributed by atoms with Gasteiger partial charge in [0.2, 0.25) is 0 Å². The largest absolute Gasteiger partial charge is 0.492 e. The van der Waals surface area contributed by atoms with Gasteiger partial charge in [0.15, 0.2) is 24.3 Å². The molecule has 2 aliphatic rings. The van der Waals surface area contributed by atoms with Crippen LogP contribution in [0.3, 0.4) is 0 Å². The van der Waals surface area contributed by atoms with Gasteiger partial charge >= 0.3 is 0 Å². The van der Waals surface area contributed by atoms with Crippen molar-refractivity contribution in [2.75, 3.05) is 6.61 Å². The molecular weight excluding hydrogens is 232 g/mol. The van der Waals surface area contributed by atoms with Crippen LogP contribution >= 0.6 is 0 Å². The van der Waals surface area contributed by atoms with Gasteiger partial charge in [-0.1, -0.05) is 30.3 Å². The summed E-state index contributed by atoms with van der Waals surface area (Å²) in [6.45, 7) is 2.09. The van der Waals surface area contributed by atoms with Gasteiger partial charge in [0.1, 0.15) is 0 Å². The Morgan fingerprint density at radius 1 is 1.22 bits per heavy atom. The first-order valence-corrected chi connectivity index (χ1v) is 5.94. The second-order valence-electron chi connectivity index (χ2n) is 4.47. The molecule has 1 aromatic rings. The van der Waals surface area contributed by atoms with Crippen molar-refractivity contribution in [3.8, 4) is 0 Å². The summed E-state index contributed by atoms with van der Waals surface area (Å²) in [7, 11) is 0. The summed E-state index contributed by atoms with van der Waals surface area (Å²) >= 11 is 0. The second-order valence-corrected chi connectivity index (χ2v) is 4.47. The molecule has 94 valence electrons. The third-order valence-electron chi connectivity index (χ3n) is 3.16. The van der Waals surface area contributed by atoms with Crippen molar-refractivity contribution in [2.45, 2.75) is 25.4 Å². The fourth-order valence-electron chi connectivity index (χ4n) is 2.13. The molecule has 0 spiro atoms. The molecule has 0 aliphatic carbocycles. The van der Waals surface area contributed by atoms with E-state index in [0.717, 1.165) is 5.56 Å². The van der Waals surface area contributed by atoms with Crippen LogP contribution in [0.5, 0.6) is 0 Å². The van der Waals surface area contributed by atoms with Crippen LogP contribution in [-0.2, 0) is 19.0 Å². The minimum atomic E-state index is -0.561. The fourth-order valence-corrected chi connectivity index (χ4v) is 2.13. The van der Waals surface area contributed by atoms with Crippen molar-refractivity contribution in [3.63, 3.8) is 0 Å². The van der Waals surface area contributed by atoms with E-state index in [2.05, 4.69) is 0 Å². The van der Waals surface area contributed by atoms with Crippen LogP contribution in [-0.4, -0.2) is 24.6 Å². The van der Waals surface area contributed by atoms with Gasteiger partial charge in [0, 0.05) is 11.1 Å². The minimum Gasteiger partial charge on any atom is -0.492 e. The molecule has 4 nitrogen and oxygen atoms in total. The SMILES string of the molecule is CC1=CO[C@@H]2COC(c3ccccc3)O[C@H]2C1=O. The van der Waals surface area contributed by atoms with Gasteiger partial charge in [-0.2, -0.15) is 0 Å². The Kier molecular flexibility index (Phi) is 2.89. The predicted molar refractivity (Wildman–Crippen MR) is 63.6 cm³/mol. The van der Waals surface area contributed by atoms with Crippen molar-refractivity contribution in [1.29, 1.82) is 0 Å². The molecule has 1 fully saturated rings. The minimum absolute atomic E-state index is 0.0181. The summed E-state index contributed by atoms with van der Waals surface area (Å²) in [5.74, 6) is -0.0181. The highest BCUT2D eigenvalue weighted by Crippen LogP contribution is 2.31. The molecule has 0 saturated carbocycles. The van der Waals surface area contributed by atoms with Gasteiger partial charge in [-0.25, -0.2) is 0 Å². The monoisotopic (exact) mass is 246 g/mol. The van der Waals surface area contributed by atoms with Gasteiger partial charge < -0.3 is 14.2 Å². The third-order valence-corrected chi connectivity index (χ3v) is 3.16. The average Bonchev–Trinajstić information content (AvgIpc) is 2.44. The van der Waals surface area contributed by atoms with Crippen LogP contribution in [0.25, 0.3) is 0 Å². The van der Waals surface area contributed by atoms with Crippen LogP contribution in [0.2, 0.25) is 0 Å². The van der Waals surface area contributed by atoms with Crippen molar-refractivity contribution in [1.82, 2.24) is 0 Å². The number of hydrogen-bond acceptors (Lipinski definition) is 4. The number of Topliss-reactive ketones (excluding diaryl/α,β-unsaturated/α-hetero) is 1. The molecule has 2 aliphatic heterocycles. The van der Waals surface area contributed by atoms with Crippen LogP contribution in [0, 0.1) is 0 Å². The van der Waals surface area contributed by atoms with Crippen LogP contribution in [0.4, 0.5) is 0 Å². The van der Waals surface area contributed by atoms with E-state index in [0.29, 0.717) is 12.2 Å². The standard InChI is InChI=1S/C14H14O4/c1-9-7-16-11-8-17-14(18-13(11)12(9)15)10-5-3-2-4-6-10/h2-7,11,13-14H,8H2,1H3/t11-,13-,14?/m1/s1. The second kappa shape index (κ2) is 4.55. The van der Waals surface area contributed by atoms with Crippen LogP contribution in [0.1, 0.15) is 18.8 Å². The number of fused-ring (bicyclic) bond motifs is 1. The van der Waals surface area contributed by atoms with E-state index in [9.17, 15) is 4.79 Å². The maximum absolute atomic E-state index is 12.0. The van der Waals surface area contributed by atoms with Gasteiger partial charge in [-0.05, 0) is 6.92 Å². The van der Waals surface area contributed by atoms with Gasteiger partial charge in [-0.3, -0.25) is 4.79 Å². The molecule has 3 atom stereocenters. The lowest BCUT2D eigenvalue weighted by molar-refractivity contribution is -0.253. The quantitative estimate of drug-likeness (QED) is 0.760. The summed E-state index contributed by atoms with van der Waals surface area (Å²) < 4.78 is 16.7. The Morgan fingerprint density at radius 3 is 2.78 bits per heavy atom. The van der Waals surface area contributed by atoms with E-state index in [1.54, 1.807) is 6.92 Å². The molecule has 0 radical (unpaired) electrons. The van der Waals surface area contributed by atoms with E-state index in [1.807, 2.05) is 30.3 Å². The number of benzene rings is 1. The summed E-state index contributed by atoms with van der Waals surface area (Å²) in [6, 6.07) is 9.59. The fraction of sp³-hybridized carbons (Fsp3) is 0.357. The number of ketones is 1. The van der Waals surface area contributed by atoms with E-state index in [-0.39, 0.29) is 11.9 Å². The number of rotatable bonds is 1. The molecule has 0 amide bonds. The molecule has 18 heavy (non-hydrogen) atoms. The Morgan fingerprint density at radius 2 is 2.00 bits per heavy atom. The van der Waals surface area contributed by atoms with Gasteiger partial charge in [-0.15, -0.1) is 0 Å². The zero-order valence-electron chi connectivity index (χ0n) is 10.0. The zero-order chi connectivity index (χ0) is 12.5. The molecule has 2 heterocycles. The molecule has 0 N–H and O–H groups in total. The summed E-state index contributed by atoms with van der Waals surface area (Å²) in [5.41, 5.74) is 1.50. The number of carbonyl (C=O) groups is 1. The number of carbonyl (C=O) groups excluding carboxylic acids is 1. The van der Waals surface area contributed by atoms with Crippen LogP contribution < -0.4 is 0 Å². The highest BCUT2D eigenvalue weighted by Gasteiger charge is 2.41. The summed E-state index contributed by atoms with van der Waals surface area (Å²) in [5, 5.41) is 0. The molecule has 1 unspecified atom stereocenters. The molecule has 1 aromatic carbocycles. The Labute approximate surface area is 105 Å². The van der Waals surface area contributed by atoms with E-state index in [1.165, 1.54) is 6.26 Å². The average molecular weight is 246 g/mol. The van der Waals surface area contributed by atoms with Crippen LogP contribution in [0.15, 0.2) is 42.2 Å². The Bertz CT molecular complexity index is 480. The first kappa shape index (κ1) is 11.4. The third kappa shape index (κ3) is 1.94. The van der Waals surface area contributed by atoms with Crippen molar-refractivity contribution < 1.29 is 19.0 Å². The van der Waals surface area contributed by atoms with E-state index < -0.39 is 12.4 Å². The lowest BCUT2D eigenvalue weighted by Crippen LogP contribution is -2.48. The normalized spacial score (nSPS) is 31.3. The molecular formula is C14H14O4. The van der Waals surface area contributed by atoms with Gasteiger partial charge in [0.05, 0.1) is 12.9 Å². The molecule has 1 saturated heterocycles. The van der Waals surface area contributed by atoms with Crippen molar-refractivity contribution in [3.05, 3.63) is 47.7 Å². The summed E-state index contributed by atoms with van der Waals surface area (Å²) in [6.07, 6.45) is 0.0972. The summed E-state index contributed by atoms with van der Waals surface area (Å²) in [4.78, 5) is 12.0. The molecule has 3 rings (SSSR count).